The maximum absolute atomic E-state index is 13.7. The van der Waals surface area contributed by atoms with E-state index in [1.807, 2.05) is 40.6 Å². The Bertz CT molecular complexity index is 1150. The van der Waals surface area contributed by atoms with E-state index in [0.29, 0.717) is 23.6 Å². The molecule has 5 rings (SSSR count). The van der Waals surface area contributed by atoms with Crippen molar-refractivity contribution in [3.63, 3.8) is 0 Å². The van der Waals surface area contributed by atoms with Crippen LogP contribution in [0.2, 0.25) is 0 Å². The van der Waals surface area contributed by atoms with Gasteiger partial charge in [0.2, 0.25) is 5.91 Å². The molecule has 0 atom stereocenters. The summed E-state index contributed by atoms with van der Waals surface area (Å²) in [5, 5.41) is 5.00. The molecule has 6 heteroatoms. The predicted octanol–water partition coefficient (Wildman–Crippen LogP) is 6.01. The molecule has 3 heterocycles. The Morgan fingerprint density at radius 2 is 1.67 bits per heavy atom. The van der Waals surface area contributed by atoms with Gasteiger partial charge in [0.05, 0.1) is 12.0 Å². The summed E-state index contributed by atoms with van der Waals surface area (Å²) in [4.78, 5) is 31.7. The van der Waals surface area contributed by atoms with Crippen molar-refractivity contribution in [2.45, 2.75) is 44.9 Å². The molecule has 3 aromatic rings. The summed E-state index contributed by atoms with van der Waals surface area (Å²) in [7, 11) is 0. The van der Waals surface area contributed by atoms with E-state index in [0.717, 1.165) is 68.8 Å². The number of carbonyl (C=O) groups excluding carboxylic acids is 2. The highest BCUT2D eigenvalue weighted by Gasteiger charge is 2.26. The Morgan fingerprint density at radius 3 is 2.39 bits per heavy atom. The Labute approximate surface area is 218 Å². The number of likely N-dealkylation sites (tertiary alicyclic amines) is 1. The molecule has 2 saturated heterocycles. The van der Waals surface area contributed by atoms with E-state index in [4.69, 9.17) is 0 Å². The monoisotopic (exact) mass is 501 g/mol. The van der Waals surface area contributed by atoms with E-state index in [-0.39, 0.29) is 11.8 Å². The number of nitrogens with one attached hydrogen (secondary N) is 1. The molecule has 5 nitrogen and oxygen atoms in total. The number of benzene rings is 2. The molecule has 0 unspecified atom stereocenters. The topological polar surface area (TPSA) is 52.7 Å². The van der Waals surface area contributed by atoms with E-state index in [1.165, 1.54) is 12.0 Å². The van der Waals surface area contributed by atoms with Crippen molar-refractivity contribution < 1.29 is 9.59 Å². The van der Waals surface area contributed by atoms with Gasteiger partial charge in [-0.2, -0.15) is 0 Å². The molecule has 1 aromatic heterocycles. The van der Waals surface area contributed by atoms with Crippen molar-refractivity contribution in [2.75, 3.05) is 36.4 Å². The third-order valence-corrected chi connectivity index (χ3v) is 8.27. The molecular weight excluding hydrogens is 466 g/mol. The Hall–Kier alpha value is -3.12. The lowest BCUT2D eigenvalue weighted by Crippen LogP contribution is -2.39. The third-order valence-electron chi connectivity index (χ3n) is 7.39. The first kappa shape index (κ1) is 24.6. The van der Waals surface area contributed by atoms with Gasteiger partial charge in [0.15, 0.2) is 0 Å². The van der Waals surface area contributed by atoms with Gasteiger partial charge in [-0.15, -0.1) is 11.3 Å². The van der Waals surface area contributed by atoms with Crippen molar-refractivity contribution in [2.24, 2.45) is 5.92 Å². The Balaban J connectivity index is 1.31. The van der Waals surface area contributed by atoms with Gasteiger partial charge in [-0.3, -0.25) is 9.59 Å². The Kier molecular flexibility index (Phi) is 8.01. The Morgan fingerprint density at radius 1 is 0.889 bits per heavy atom. The molecular formula is C30H35N3O2S. The maximum Gasteiger partial charge on any atom is 0.256 e. The molecule has 0 radical (unpaired) electrons. The maximum atomic E-state index is 13.7. The minimum Gasteiger partial charge on any atom is -0.371 e. The summed E-state index contributed by atoms with van der Waals surface area (Å²) in [5.74, 6) is 0.703. The van der Waals surface area contributed by atoms with Crippen LogP contribution < -0.4 is 10.2 Å². The van der Waals surface area contributed by atoms with Crippen LogP contribution in [0.4, 0.5) is 11.4 Å². The van der Waals surface area contributed by atoms with Crippen LogP contribution in [-0.2, 0) is 17.6 Å². The molecule has 2 fully saturated rings. The largest absolute Gasteiger partial charge is 0.371 e. The fraction of sp³-hybridized carbons (Fsp3) is 0.400. The molecule has 2 aliphatic rings. The first-order chi connectivity index (χ1) is 17.7. The highest BCUT2D eigenvalue weighted by molar-refractivity contribution is 7.10. The van der Waals surface area contributed by atoms with E-state index < -0.39 is 0 Å². The zero-order valence-corrected chi connectivity index (χ0v) is 21.6. The van der Waals surface area contributed by atoms with Crippen LogP contribution in [-0.4, -0.2) is 42.9 Å². The lowest BCUT2D eigenvalue weighted by Gasteiger charge is -2.36. The number of thiophene rings is 1. The summed E-state index contributed by atoms with van der Waals surface area (Å²) in [6.45, 7) is 3.52. The fourth-order valence-electron chi connectivity index (χ4n) is 5.43. The number of rotatable bonds is 7. The minimum atomic E-state index is -0.0525. The number of piperidine rings is 2. The summed E-state index contributed by atoms with van der Waals surface area (Å²) in [6.07, 6.45) is 7.00. The second kappa shape index (κ2) is 11.7. The average Bonchev–Trinajstić information content (AvgIpc) is 3.43. The van der Waals surface area contributed by atoms with Crippen molar-refractivity contribution in [3.05, 3.63) is 82.0 Å². The molecule has 0 saturated carbocycles. The van der Waals surface area contributed by atoms with Crippen LogP contribution in [0.15, 0.2) is 66.0 Å². The first-order valence-corrected chi connectivity index (χ1v) is 14.1. The van der Waals surface area contributed by atoms with Gasteiger partial charge >= 0.3 is 0 Å². The van der Waals surface area contributed by atoms with Crippen molar-refractivity contribution in [1.29, 1.82) is 0 Å². The van der Waals surface area contributed by atoms with Gasteiger partial charge in [-0.25, -0.2) is 0 Å². The number of anilines is 2. The van der Waals surface area contributed by atoms with Crippen molar-refractivity contribution in [1.82, 2.24) is 4.90 Å². The normalized spacial score (nSPS) is 16.7. The first-order valence-electron chi connectivity index (χ1n) is 13.2. The number of hydrogen-bond acceptors (Lipinski definition) is 4. The smallest absolute Gasteiger partial charge is 0.256 e. The quantitative estimate of drug-likeness (QED) is 0.431. The lowest BCUT2D eigenvalue weighted by atomic mass is 9.89. The number of carbonyl (C=O) groups is 2. The second-order valence-corrected chi connectivity index (χ2v) is 11.0. The molecule has 2 aliphatic heterocycles. The summed E-state index contributed by atoms with van der Waals surface area (Å²) in [5.41, 5.74) is 3.81. The number of hydrogen-bond donors (Lipinski definition) is 1. The van der Waals surface area contributed by atoms with E-state index in [2.05, 4.69) is 40.5 Å². The van der Waals surface area contributed by atoms with Crippen LogP contribution >= 0.6 is 11.3 Å². The van der Waals surface area contributed by atoms with Crippen molar-refractivity contribution >= 4 is 34.5 Å². The van der Waals surface area contributed by atoms with Crippen LogP contribution in [0.1, 0.15) is 52.9 Å². The lowest BCUT2D eigenvalue weighted by molar-refractivity contribution is -0.115. The predicted molar refractivity (Wildman–Crippen MR) is 148 cm³/mol. The highest BCUT2D eigenvalue weighted by atomic mass is 32.1. The molecule has 0 spiro atoms. The SMILES string of the molecule is O=C(Cc1cccs1)Nc1ccc(N2CCC(Cc3ccccc3)CC2)c(C(=O)N2CCCCC2)c1. The van der Waals surface area contributed by atoms with E-state index >= 15 is 0 Å². The van der Waals surface area contributed by atoms with Crippen LogP contribution in [0.5, 0.6) is 0 Å². The third kappa shape index (κ3) is 6.16. The molecule has 1 N–H and O–H groups in total. The average molecular weight is 502 g/mol. The van der Waals surface area contributed by atoms with Crippen LogP contribution in [0.3, 0.4) is 0 Å². The van der Waals surface area contributed by atoms with Crippen molar-refractivity contribution in [3.8, 4) is 0 Å². The standard InChI is InChI=1S/C30H35N3O2S/c34-29(22-26-10-7-19-36-26)31-25-11-12-28(27(21-25)30(35)33-15-5-2-6-16-33)32-17-13-24(14-18-32)20-23-8-3-1-4-9-23/h1,3-4,7-12,19,21,24H,2,5-6,13-18,20,22H2,(H,31,34). The van der Waals surface area contributed by atoms with Gasteiger partial charge in [0.1, 0.15) is 0 Å². The zero-order valence-electron chi connectivity index (χ0n) is 20.8. The van der Waals surface area contributed by atoms with Gasteiger partial charge in [0, 0.05) is 42.4 Å². The van der Waals surface area contributed by atoms with E-state index in [1.54, 1.807) is 11.3 Å². The van der Waals surface area contributed by atoms with Gasteiger partial charge in [-0.05, 0) is 79.7 Å². The van der Waals surface area contributed by atoms with Gasteiger partial charge in [-0.1, -0.05) is 36.4 Å². The summed E-state index contributed by atoms with van der Waals surface area (Å²) >= 11 is 1.58. The number of amides is 2. The van der Waals surface area contributed by atoms with E-state index in [9.17, 15) is 9.59 Å². The van der Waals surface area contributed by atoms with Gasteiger partial charge < -0.3 is 15.1 Å². The highest BCUT2D eigenvalue weighted by Crippen LogP contribution is 2.31. The molecule has 36 heavy (non-hydrogen) atoms. The van der Waals surface area contributed by atoms with Crippen LogP contribution in [0, 0.1) is 5.92 Å². The second-order valence-electron chi connectivity index (χ2n) is 10.0. The zero-order chi connectivity index (χ0) is 24.7. The summed E-state index contributed by atoms with van der Waals surface area (Å²) < 4.78 is 0. The summed E-state index contributed by atoms with van der Waals surface area (Å²) in [6, 6.07) is 20.5. The molecule has 188 valence electrons. The molecule has 2 aromatic carbocycles. The fourth-order valence-corrected chi connectivity index (χ4v) is 6.13. The number of nitrogens with zero attached hydrogens (tertiary/aromatic N) is 2. The molecule has 2 amide bonds. The molecule has 0 aliphatic carbocycles. The minimum absolute atomic E-state index is 0.0525. The molecule has 0 bridgehead atoms. The van der Waals surface area contributed by atoms with Gasteiger partial charge in [0.25, 0.3) is 5.91 Å². The van der Waals surface area contributed by atoms with Crippen LogP contribution in [0.25, 0.3) is 0 Å².